The monoisotopic (exact) mass is 390 g/mol. The van der Waals surface area contributed by atoms with Crippen molar-refractivity contribution in [3.05, 3.63) is 65.8 Å². The number of rotatable bonds is 6. The summed E-state index contributed by atoms with van der Waals surface area (Å²) in [6, 6.07) is 3.74. The zero-order chi connectivity index (χ0) is 20.8. The van der Waals surface area contributed by atoms with Gasteiger partial charge in [-0.25, -0.2) is 0 Å². The van der Waals surface area contributed by atoms with Crippen LogP contribution in [0, 0.1) is 17.4 Å². The van der Waals surface area contributed by atoms with Gasteiger partial charge < -0.3 is 15.1 Å². The maximum absolute atomic E-state index is 13.1. The highest BCUT2D eigenvalue weighted by Crippen LogP contribution is 2.35. The minimum absolute atomic E-state index is 0.0472. The number of carbonyl (C=O) groups is 2. The van der Waals surface area contributed by atoms with Crippen LogP contribution in [0.25, 0.3) is 0 Å². The molecule has 1 saturated heterocycles. The predicted molar refractivity (Wildman–Crippen MR) is 113 cm³/mol. The molecule has 1 atom stereocenters. The molecule has 0 saturated carbocycles. The average Bonchev–Trinajstić information content (AvgIpc) is 3.39. The van der Waals surface area contributed by atoms with E-state index in [0.717, 1.165) is 23.2 Å². The number of amides is 2. The van der Waals surface area contributed by atoms with Crippen LogP contribution in [0.5, 0.6) is 0 Å². The molecule has 2 heterocycles. The topological polar surface area (TPSA) is 76.4 Å². The molecule has 0 radical (unpaired) electrons. The van der Waals surface area contributed by atoms with Crippen molar-refractivity contribution in [2.24, 2.45) is 5.92 Å². The van der Waals surface area contributed by atoms with Crippen LogP contribution in [0.4, 0.5) is 5.69 Å². The van der Waals surface area contributed by atoms with Gasteiger partial charge >= 0.3 is 0 Å². The second kappa shape index (κ2) is 9.24. The number of nitrogens with zero attached hydrogens (tertiary/aromatic N) is 3. The van der Waals surface area contributed by atoms with Gasteiger partial charge in [0.25, 0.3) is 5.91 Å². The lowest BCUT2D eigenvalue weighted by atomic mass is 9.98. The van der Waals surface area contributed by atoms with E-state index in [9.17, 15) is 9.59 Å². The fourth-order valence-electron chi connectivity index (χ4n) is 3.96. The Morgan fingerprint density at radius 1 is 1.31 bits per heavy atom. The Morgan fingerprint density at radius 2 is 2.14 bits per heavy atom. The quantitative estimate of drug-likeness (QED) is 0.598. The van der Waals surface area contributed by atoms with Crippen LogP contribution < -0.4 is 10.2 Å². The molecule has 0 bridgehead atoms. The van der Waals surface area contributed by atoms with E-state index in [2.05, 4.69) is 18.1 Å². The van der Waals surface area contributed by atoms with E-state index >= 15 is 0 Å². The lowest BCUT2D eigenvalue weighted by Crippen LogP contribution is -2.36. The van der Waals surface area contributed by atoms with Crippen molar-refractivity contribution < 1.29 is 9.59 Å². The lowest BCUT2D eigenvalue weighted by Gasteiger charge is -2.22. The van der Waals surface area contributed by atoms with Gasteiger partial charge in [-0.1, -0.05) is 37.0 Å². The normalized spacial score (nSPS) is 18.3. The highest BCUT2D eigenvalue weighted by molar-refractivity contribution is 6.01. The van der Waals surface area contributed by atoms with Crippen LogP contribution in [-0.2, 0) is 17.6 Å². The van der Waals surface area contributed by atoms with Crippen LogP contribution >= 0.6 is 0 Å². The Hall–Kier alpha value is -3.33. The molecule has 1 fully saturated rings. The van der Waals surface area contributed by atoms with Crippen molar-refractivity contribution in [3.8, 4) is 6.19 Å². The molecule has 0 aromatic heterocycles. The smallest absolute Gasteiger partial charge is 0.251 e. The molecule has 6 heteroatoms. The van der Waals surface area contributed by atoms with Crippen LogP contribution in [0.1, 0.15) is 27.9 Å². The second-order valence-corrected chi connectivity index (χ2v) is 7.24. The molecule has 1 aromatic rings. The Balaban J connectivity index is 1.89. The SMILES string of the molecule is C=C/C=C\C=C/Cc1cc(C(=O)NC)cc2c1CCN2C(=O)C1CCN(C#N)C1. The van der Waals surface area contributed by atoms with Crippen molar-refractivity contribution in [1.82, 2.24) is 10.2 Å². The summed E-state index contributed by atoms with van der Waals surface area (Å²) in [6.45, 7) is 5.36. The maximum Gasteiger partial charge on any atom is 0.251 e. The molecule has 0 aliphatic carbocycles. The predicted octanol–water partition coefficient (Wildman–Crippen LogP) is 2.58. The van der Waals surface area contributed by atoms with Crippen LogP contribution in [0.3, 0.4) is 0 Å². The molecule has 1 aromatic carbocycles. The number of nitriles is 1. The summed E-state index contributed by atoms with van der Waals surface area (Å²) in [7, 11) is 1.60. The molecule has 29 heavy (non-hydrogen) atoms. The van der Waals surface area contributed by atoms with E-state index in [-0.39, 0.29) is 17.7 Å². The number of anilines is 1. The Labute approximate surface area is 171 Å². The third-order valence-corrected chi connectivity index (χ3v) is 5.46. The maximum atomic E-state index is 13.1. The molecule has 150 valence electrons. The highest BCUT2D eigenvalue weighted by atomic mass is 16.2. The van der Waals surface area contributed by atoms with Crippen molar-refractivity contribution in [2.45, 2.75) is 19.3 Å². The molecule has 3 rings (SSSR count). The van der Waals surface area contributed by atoms with Gasteiger partial charge in [0, 0.05) is 37.9 Å². The first kappa shape index (κ1) is 20.4. The third-order valence-electron chi connectivity index (χ3n) is 5.46. The second-order valence-electron chi connectivity index (χ2n) is 7.24. The number of allylic oxidation sites excluding steroid dienone is 5. The molecular formula is C23H26N4O2. The minimum atomic E-state index is -0.170. The zero-order valence-corrected chi connectivity index (χ0v) is 16.7. The number of benzene rings is 1. The highest BCUT2D eigenvalue weighted by Gasteiger charge is 2.35. The number of carbonyl (C=O) groups excluding carboxylic acids is 2. The van der Waals surface area contributed by atoms with Gasteiger partial charge in [-0.15, -0.1) is 0 Å². The van der Waals surface area contributed by atoms with Crippen molar-refractivity contribution in [2.75, 3.05) is 31.6 Å². The van der Waals surface area contributed by atoms with Crippen molar-refractivity contribution >= 4 is 17.5 Å². The van der Waals surface area contributed by atoms with E-state index in [0.29, 0.717) is 38.0 Å². The molecule has 1 N–H and O–H groups in total. The summed E-state index contributed by atoms with van der Waals surface area (Å²) < 4.78 is 0. The van der Waals surface area contributed by atoms with Crippen LogP contribution in [-0.4, -0.2) is 43.4 Å². The van der Waals surface area contributed by atoms with Gasteiger partial charge in [0.15, 0.2) is 6.19 Å². The number of nitrogens with one attached hydrogen (secondary N) is 1. The Kier molecular flexibility index (Phi) is 6.50. The van der Waals surface area contributed by atoms with Gasteiger partial charge in [0.2, 0.25) is 5.91 Å². The van der Waals surface area contributed by atoms with E-state index in [1.54, 1.807) is 22.9 Å². The first-order valence-corrected chi connectivity index (χ1v) is 9.87. The van der Waals surface area contributed by atoms with Gasteiger partial charge in [0.05, 0.1) is 5.92 Å². The molecular weight excluding hydrogens is 364 g/mol. The number of hydrogen-bond acceptors (Lipinski definition) is 4. The third kappa shape index (κ3) is 4.40. The molecule has 2 aliphatic heterocycles. The Bertz CT molecular complexity index is 910. The molecule has 1 unspecified atom stereocenters. The number of fused-ring (bicyclic) bond motifs is 1. The molecule has 0 spiro atoms. The average molecular weight is 390 g/mol. The lowest BCUT2D eigenvalue weighted by molar-refractivity contribution is -0.121. The van der Waals surface area contributed by atoms with E-state index in [1.165, 1.54) is 0 Å². The van der Waals surface area contributed by atoms with E-state index < -0.39 is 0 Å². The standard InChI is InChI=1S/C23H26N4O2/c1-3-4-5-6-7-8-17-13-19(22(28)25-2)14-21-20(17)10-12-27(21)23(29)18-9-11-26(15-18)16-24/h3-7,13-14,18H,1,8-12,15H2,2H3,(H,25,28)/b5-4-,7-6-. The first-order chi connectivity index (χ1) is 14.1. The fourth-order valence-corrected chi connectivity index (χ4v) is 3.96. The zero-order valence-electron chi connectivity index (χ0n) is 16.7. The van der Waals surface area contributed by atoms with Gasteiger partial charge in [-0.2, -0.15) is 5.26 Å². The largest absolute Gasteiger partial charge is 0.355 e. The van der Waals surface area contributed by atoms with Crippen molar-refractivity contribution in [1.29, 1.82) is 5.26 Å². The first-order valence-electron chi connectivity index (χ1n) is 9.87. The Morgan fingerprint density at radius 3 is 2.83 bits per heavy atom. The van der Waals surface area contributed by atoms with E-state index in [4.69, 9.17) is 5.26 Å². The van der Waals surface area contributed by atoms with Crippen LogP contribution in [0.15, 0.2) is 49.1 Å². The minimum Gasteiger partial charge on any atom is -0.355 e. The van der Waals surface area contributed by atoms with Crippen LogP contribution in [0.2, 0.25) is 0 Å². The summed E-state index contributed by atoms with van der Waals surface area (Å²) >= 11 is 0. The van der Waals surface area contributed by atoms with E-state index in [1.807, 2.05) is 36.4 Å². The molecule has 2 amide bonds. The summed E-state index contributed by atoms with van der Waals surface area (Å²) in [6.07, 6.45) is 13.7. The summed E-state index contributed by atoms with van der Waals surface area (Å²) in [5.41, 5.74) is 3.57. The number of likely N-dealkylation sites (tertiary alicyclic amines) is 1. The summed E-state index contributed by atoms with van der Waals surface area (Å²) in [4.78, 5) is 28.9. The number of hydrogen-bond donors (Lipinski definition) is 1. The molecule has 2 aliphatic rings. The summed E-state index contributed by atoms with van der Waals surface area (Å²) in [5, 5.41) is 11.7. The van der Waals surface area contributed by atoms with Crippen molar-refractivity contribution in [3.63, 3.8) is 0 Å². The van der Waals surface area contributed by atoms with Gasteiger partial charge in [-0.3, -0.25) is 9.59 Å². The fraction of sp³-hybridized carbons (Fsp3) is 0.348. The summed E-state index contributed by atoms with van der Waals surface area (Å²) in [5.74, 6) is -0.289. The van der Waals surface area contributed by atoms with Gasteiger partial charge in [-0.05, 0) is 42.5 Å². The molecule has 6 nitrogen and oxygen atoms in total. The van der Waals surface area contributed by atoms with Gasteiger partial charge in [0.1, 0.15) is 0 Å².